The van der Waals surface area contributed by atoms with Gasteiger partial charge in [0.05, 0.1) is 6.04 Å². The Kier molecular flexibility index (Phi) is 4.78. The molecule has 2 N–H and O–H groups in total. The Morgan fingerprint density at radius 1 is 1.08 bits per heavy atom. The summed E-state index contributed by atoms with van der Waals surface area (Å²) in [6, 6.07) is 7.88. The van der Waals surface area contributed by atoms with Crippen LogP contribution in [0.1, 0.15) is 44.3 Å². The number of piperidine rings is 1. The van der Waals surface area contributed by atoms with E-state index in [1.807, 2.05) is 24.3 Å². The second-order valence-corrected chi connectivity index (χ2v) is 6.97. The molecule has 4 rings (SSSR count). The van der Waals surface area contributed by atoms with Crippen molar-refractivity contribution in [3.63, 3.8) is 0 Å². The van der Waals surface area contributed by atoms with Gasteiger partial charge in [-0.25, -0.2) is 0 Å². The van der Waals surface area contributed by atoms with Gasteiger partial charge in [-0.2, -0.15) is 0 Å². The monoisotopic (exact) mass is 339 g/mol. The van der Waals surface area contributed by atoms with Gasteiger partial charge in [0, 0.05) is 24.2 Å². The average molecular weight is 339 g/mol. The minimum atomic E-state index is -0.0688. The second kappa shape index (κ2) is 7.35. The van der Waals surface area contributed by atoms with Gasteiger partial charge in [-0.05, 0) is 56.5 Å². The van der Waals surface area contributed by atoms with E-state index in [0.717, 1.165) is 61.7 Å². The van der Waals surface area contributed by atoms with Crippen LogP contribution in [0.4, 0.5) is 5.69 Å². The fourth-order valence-corrected chi connectivity index (χ4v) is 3.71. The number of nitrogens with zero attached hydrogens (tertiary/aromatic N) is 3. The zero-order valence-electron chi connectivity index (χ0n) is 14.5. The van der Waals surface area contributed by atoms with E-state index in [9.17, 15) is 4.79 Å². The Labute approximate surface area is 148 Å². The van der Waals surface area contributed by atoms with Crippen molar-refractivity contribution in [2.45, 2.75) is 57.5 Å². The molecule has 1 amide bonds. The van der Waals surface area contributed by atoms with Gasteiger partial charge in [-0.3, -0.25) is 4.79 Å². The lowest BCUT2D eigenvalue weighted by atomic mass is 10.0. The third-order valence-corrected chi connectivity index (χ3v) is 5.15. The number of hydrogen-bond donors (Lipinski definition) is 2. The molecule has 0 radical (unpaired) electrons. The quantitative estimate of drug-likeness (QED) is 0.902. The van der Waals surface area contributed by atoms with E-state index < -0.39 is 0 Å². The number of hydrogen-bond acceptors (Lipinski definition) is 4. The number of fused-ring (bicyclic) bond motifs is 1. The summed E-state index contributed by atoms with van der Waals surface area (Å²) < 4.78 is 2.24. The molecule has 0 saturated carbocycles. The summed E-state index contributed by atoms with van der Waals surface area (Å²) in [7, 11) is 0. The molecule has 6 nitrogen and oxygen atoms in total. The standard InChI is InChI=1S/C19H25N5O/c25-19(16-6-3-4-12-20-16)21-15-10-8-14(9-11-15)18-23-22-17-7-2-1-5-13-24(17)18/h8-11,16,20H,1-7,12-13H2,(H,21,25). The molecule has 2 aliphatic heterocycles. The highest BCUT2D eigenvalue weighted by molar-refractivity contribution is 5.95. The molecule has 1 unspecified atom stereocenters. The molecule has 0 aliphatic carbocycles. The van der Waals surface area contributed by atoms with E-state index in [0.29, 0.717) is 0 Å². The molecule has 1 aromatic carbocycles. The Hall–Kier alpha value is -2.21. The molecule has 2 aliphatic rings. The number of carbonyl (C=O) groups is 1. The molecule has 0 bridgehead atoms. The smallest absolute Gasteiger partial charge is 0.241 e. The molecule has 6 heteroatoms. The maximum absolute atomic E-state index is 12.3. The van der Waals surface area contributed by atoms with Crippen molar-refractivity contribution >= 4 is 11.6 Å². The van der Waals surface area contributed by atoms with E-state index in [1.165, 1.54) is 19.3 Å². The van der Waals surface area contributed by atoms with Gasteiger partial charge < -0.3 is 15.2 Å². The SMILES string of the molecule is O=C(Nc1ccc(-c2nnc3n2CCCCC3)cc1)C1CCCCN1. The molecule has 1 saturated heterocycles. The molecule has 3 heterocycles. The largest absolute Gasteiger partial charge is 0.325 e. The highest BCUT2D eigenvalue weighted by Gasteiger charge is 2.20. The molecular formula is C19H25N5O. The Bertz CT molecular complexity index is 731. The highest BCUT2D eigenvalue weighted by Crippen LogP contribution is 2.24. The summed E-state index contributed by atoms with van der Waals surface area (Å²) in [6.07, 6.45) is 7.82. The lowest BCUT2D eigenvalue weighted by molar-refractivity contribution is -0.118. The fraction of sp³-hybridized carbons (Fsp3) is 0.526. The van der Waals surface area contributed by atoms with Gasteiger partial charge in [-0.1, -0.05) is 12.8 Å². The van der Waals surface area contributed by atoms with Crippen molar-refractivity contribution in [2.24, 2.45) is 0 Å². The summed E-state index contributed by atoms with van der Waals surface area (Å²) >= 11 is 0. The predicted octanol–water partition coefficient (Wildman–Crippen LogP) is 2.75. The van der Waals surface area contributed by atoms with Crippen molar-refractivity contribution in [2.75, 3.05) is 11.9 Å². The highest BCUT2D eigenvalue weighted by atomic mass is 16.2. The van der Waals surface area contributed by atoms with E-state index in [4.69, 9.17) is 0 Å². The minimum absolute atomic E-state index is 0.0591. The third kappa shape index (κ3) is 3.58. The number of aryl methyl sites for hydroxylation is 1. The summed E-state index contributed by atoms with van der Waals surface area (Å²) in [5.74, 6) is 2.08. The zero-order valence-corrected chi connectivity index (χ0v) is 14.5. The second-order valence-electron chi connectivity index (χ2n) is 6.97. The van der Waals surface area contributed by atoms with Crippen molar-refractivity contribution in [1.82, 2.24) is 20.1 Å². The van der Waals surface area contributed by atoms with Crippen molar-refractivity contribution in [1.29, 1.82) is 0 Å². The molecule has 0 spiro atoms. The Morgan fingerprint density at radius 2 is 1.96 bits per heavy atom. The molecular weight excluding hydrogens is 314 g/mol. The van der Waals surface area contributed by atoms with Crippen LogP contribution in [0.15, 0.2) is 24.3 Å². The van der Waals surface area contributed by atoms with Crippen LogP contribution in [-0.2, 0) is 17.8 Å². The molecule has 1 aromatic heterocycles. The maximum Gasteiger partial charge on any atom is 0.241 e. The van der Waals surface area contributed by atoms with E-state index >= 15 is 0 Å². The average Bonchev–Trinajstić information content (AvgIpc) is 2.91. The van der Waals surface area contributed by atoms with Gasteiger partial charge in [0.15, 0.2) is 5.82 Å². The normalized spacial score (nSPS) is 20.6. The van der Waals surface area contributed by atoms with E-state index in [-0.39, 0.29) is 11.9 Å². The van der Waals surface area contributed by atoms with Crippen LogP contribution in [0.5, 0.6) is 0 Å². The number of nitrogens with one attached hydrogen (secondary N) is 2. The van der Waals surface area contributed by atoms with Crippen molar-refractivity contribution in [3.8, 4) is 11.4 Å². The summed E-state index contributed by atoms with van der Waals surface area (Å²) in [5.41, 5.74) is 1.88. The lowest BCUT2D eigenvalue weighted by Gasteiger charge is -2.22. The van der Waals surface area contributed by atoms with Crippen LogP contribution in [0.2, 0.25) is 0 Å². The first kappa shape index (κ1) is 16.3. The van der Waals surface area contributed by atoms with E-state index in [1.54, 1.807) is 0 Å². The lowest BCUT2D eigenvalue weighted by Crippen LogP contribution is -2.43. The van der Waals surface area contributed by atoms with Crippen LogP contribution in [-0.4, -0.2) is 33.3 Å². The van der Waals surface area contributed by atoms with Gasteiger partial charge in [0.2, 0.25) is 5.91 Å². The van der Waals surface area contributed by atoms with Gasteiger partial charge >= 0.3 is 0 Å². The number of aromatic nitrogens is 3. The number of anilines is 1. The van der Waals surface area contributed by atoms with Crippen LogP contribution < -0.4 is 10.6 Å². The number of amides is 1. The molecule has 2 aromatic rings. The molecule has 132 valence electrons. The first-order valence-corrected chi connectivity index (χ1v) is 9.38. The fourth-order valence-electron chi connectivity index (χ4n) is 3.71. The predicted molar refractivity (Wildman–Crippen MR) is 97.3 cm³/mol. The third-order valence-electron chi connectivity index (χ3n) is 5.15. The molecule has 1 fully saturated rings. The van der Waals surface area contributed by atoms with Crippen LogP contribution in [0, 0.1) is 0 Å². The van der Waals surface area contributed by atoms with Gasteiger partial charge in [-0.15, -0.1) is 10.2 Å². The Morgan fingerprint density at radius 3 is 2.76 bits per heavy atom. The summed E-state index contributed by atoms with van der Waals surface area (Å²) in [5, 5.41) is 15.0. The van der Waals surface area contributed by atoms with Crippen LogP contribution in [0.3, 0.4) is 0 Å². The molecule has 25 heavy (non-hydrogen) atoms. The number of rotatable bonds is 3. The van der Waals surface area contributed by atoms with Crippen molar-refractivity contribution < 1.29 is 4.79 Å². The number of benzene rings is 1. The Balaban J connectivity index is 1.47. The summed E-state index contributed by atoms with van der Waals surface area (Å²) in [6.45, 7) is 1.92. The van der Waals surface area contributed by atoms with Crippen molar-refractivity contribution in [3.05, 3.63) is 30.1 Å². The minimum Gasteiger partial charge on any atom is -0.325 e. The van der Waals surface area contributed by atoms with Gasteiger partial charge in [0.25, 0.3) is 0 Å². The van der Waals surface area contributed by atoms with Crippen LogP contribution >= 0.6 is 0 Å². The van der Waals surface area contributed by atoms with Gasteiger partial charge in [0.1, 0.15) is 5.82 Å². The zero-order chi connectivity index (χ0) is 17.1. The molecule has 1 atom stereocenters. The summed E-state index contributed by atoms with van der Waals surface area (Å²) in [4.78, 5) is 12.3. The van der Waals surface area contributed by atoms with E-state index in [2.05, 4.69) is 25.4 Å². The first-order valence-electron chi connectivity index (χ1n) is 9.38. The topological polar surface area (TPSA) is 71.8 Å². The first-order chi connectivity index (χ1) is 12.3. The number of carbonyl (C=O) groups excluding carboxylic acids is 1. The maximum atomic E-state index is 12.3. The van der Waals surface area contributed by atoms with Crippen LogP contribution in [0.25, 0.3) is 11.4 Å².